The number of aromatic nitrogens is 2. The van der Waals surface area contributed by atoms with Gasteiger partial charge in [-0.25, -0.2) is 9.97 Å². The van der Waals surface area contributed by atoms with Crippen molar-refractivity contribution in [1.82, 2.24) is 14.9 Å². The van der Waals surface area contributed by atoms with Gasteiger partial charge in [-0.2, -0.15) is 0 Å². The summed E-state index contributed by atoms with van der Waals surface area (Å²) in [7, 11) is 0. The zero-order chi connectivity index (χ0) is 12.1. The molecule has 17 heavy (non-hydrogen) atoms. The summed E-state index contributed by atoms with van der Waals surface area (Å²) in [5, 5.41) is 0. The summed E-state index contributed by atoms with van der Waals surface area (Å²) in [6.07, 6.45) is 6.17. The van der Waals surface area contributed by atoms with Crippen LogP contribution in [0.2, 0.25) is 0 Å². The molecule has 0 amide bonds. The lowest BCUT2D eigenvalue weighted by molar-refractivity contribution is 0.249. The van der Waals surface area contributed by atoms with Crippen LogP contribution < -0.4 is 10.5 Å². The smallest absolute Gasteiger partial charge is 0.316 e. The molecule has 0 unspecified atom stereocenters. The molecule has 0 spiro atoms. The molecule has 1 aromatic rings. The predicted molar refractivity (Wildman–Crippen MR) is 65.8 cm³/mol. The van der Waals surface area contributed by atoms with Gasteiger partial charge in [0.25, 0.3) is 0 Å². The molecule has 0 radical (unpaired) electrons. The number of hydrogen-bond donors (Lipinski definition) is 1. The number of likely N-dealkylation sites (tertiary alicyclic amines) is 1. The first-order valence-electron chi connectivity index (χ1n) is 6.24. The van der Waals surface area contributed by atoms with E-state index in [4.69, 9.17) is 10.5 Å². The molecular formula is C12H20N4O. The van der Waals surface area contributed by atoms with E-state index in [1.807, 2.05) is 19.3 Å². The van der Waals surface area contributed by atoms with Gasteiger partial charge in [0.05, 0.1) is 12.6 Å². The van der Waals surface area contributed by atoms with Crippen molar-refractivity contribution < 1.29 is 4.74 Å². The van der Waals surface area contributed by atoms with Gasteiger partial charge < -0.3 is 10.5 Å². The highest BCUT2D eigenvalue weighted by molar-refractivity contribution is 5.13. The van der Waals surface area contributed by atoms with Crippen molar-refractivity contribution in [2.24, 2.45) is 5.73 Å². The molecule has 0 aromatic carbocycles. The molecule has 1 aromatic heterocycles. The normalized spacial score (nSPS) is 18.2. The van der Waals surface area contributed by atoms with E-state index in [1.54, 1.807) is 0 Å². The van der Waals surface area contributed by atoms with Gasteiger partial charge in [0.1, 0.15) is 0 Å². The number of nitrogens with zero attached hydrogens (tertiary/aromatic N) is 3. The standard InChI is InChI=1S/C12H20N4O/c1-2-17-12-14-8-10(9-15-12)11(7-13)16-5-3-4-6-16/h8-9,11H,2-7,13H2,1H3/t11-/m1/s1. The second-order valence-corrected chi connectivity index (χ2v) is 4.23. The molecule has 0 saturated carbocycles. The van der Waals surface area contributed by atoms with Crippen LogP contribution in [0.3, 0.4) is 0 Å². The third-order valence-corrected chi connectivity index (χ3v) is 3.11. The Hall–Kier alpha value is -1.20. The Morgan fingerprint density at radius 1 is 1.35 bits per heavy atom. The Bertz CT molecular complexity index is 335. The summed E-state index contributed by atoms with van der Waals surface area (Å²) in [5.41, 5.74) is 6.93. The molecule has 1 atom stereocenters. The summed E-state index contributed by atoms with van der Waals surface area (Å²) in [5.74, 6) is 0. The summed E-state index contributed by atoms with van der Waals surface area (Å²) >= 11 is 0. The highest BCUT2D eigenvalue weighted by Crippen LogP contribution is 2.23. The Labute approximate surface area is 102 Å². The van der Waals surface area contributed by atoms with E-state index in [9.17, 15) is 0 Å². The summed E-state index contributed by atoms with van der Waals surface area (Å²) in [6.45, 7) is 5.36. The Kier molecular flexibility index (Phi) is 4.28. The minimum absolute atomic E-state index is 0.244. The average molecular weight is 236 g/mol. The van der Waals surface area contributed by atoms with Crippen LogP contribution in [0.15, 0.2) is 12.4 Å². The second-order valence-electron chi connectivity index (χ2n) is 4.23. The summed E-state index contributed by atoms with van der Waals surface area (Å²) in [4.78, 5) is 10.8. The van der Waals surface area contributed by atoms with Crippen LogP contribution in [0.1, 0.15) is 31.4 Å². The van der Waals surface area contributed by atoms with Crippen molar-refractivity contribution in [1.29, 1.82) is 0 Å². The van der Waals surface area contributed by atoms with Gasteiger partial charge in [-0.3, -0.25) is 4.90 Å². The van der Waals surface area contributed by atoms with Crippen molar-refractivity contribution in [3.05, 3.63) is 18.0 Å². The minimum Gasteiger partial charge on any atom is -0.464 e. The first-order chi connectivity index (χ1) is 8.35. The van der Waals surface area contributed by atoms with Crippen molar-refractivity contribution in [3.8, 4) is 6.01 Å². The molecule has 2 N–H and O–H groups in total. The number of rotatable bonds is 5. The lowest BCUT2D eigenvalue weighted by atomic mass is 10.1. The first kappa shape index (κ1) is 12.3. The van der Waals surface area contributed by atoms with Crippen LogP contribution in [-0.2, 0) is 0 Å². The van der Waals surface area contributed by atoms with Crippen molar-refractivity contribution in [2.75, 3.05) is 26.2 Å². The van der Waals surface area contributed by atoms with E-state index in [0.717, 1.165) is 18.7 Å². The molecule has 1 fully saturated rings. The van der Waals surface area contributed by atoms with Crippen molar-refractivity contribution >= 4 is 0 Å². The molecule has 94 valence electrons. The van der Waals surface area contributed by atoms with E-state index in [2.05, 4.69) is 14.9 Å². The van der Waals surface area contributed by atoms with Crippen LogP contribution in [0.5, 0.6) is 6.01 Å². The molecule has 1 saturated heterocycles. The molecule has 5 heteroatoms. The molecule has 1 aliphatic heterocycles. The first-order valence-corrected chi connectivity index (χ1v) is 6.24. The fraction of sp³-hybridized carbons (Fsp3) is 0.667. The Balaban J connectivity index is 2.07. The third-order valence-electron chi connectivity index (χ3n) is 3.11. The molecular weight excluding hydrogens is 216 g/mol. The average Bonchev–Trinajstić information content (AvgIpc) is 2.86. The fourth-order valence-corrected chi connectivity index (χ4v) is 2.25. The van der Waals surface area contributed by atoms with Gasteiger partial charge in [0.2, 0.25) is 0 Å². The van der Waals surface area contributed by atoms with Gasteiger partial charge in [-0.1, -0.05) is 0 Å². The lowest BCUT2D eigenvalue weighted by Gasteiger charge is -2.25. The van der Waals surface area contributed by atoms with E-state index in [1.165, 1.54) is 12.8 Å². The van der Waals surface area contributed by atoms with E-state index in [0.29, 0.717) is 19.2 Å². The third kappa shape index (κ3) is 2.92. The summed E-state index contributed by atoms with van der Waals surface area (Å²) < 4.78 is 5.23. The van der Waals surface area contributed by atoms with Crippen molar-refractivity contribution in [2.45, 2.75) is 25.8 Å². The molecule has 1 aliphatic rings. The Morgan fingerprint density at radius 3 is 2.53 bits per heavy atom. The molecule has 5 nitrogen and oxygen atoms in total. The van der Waals surface area contributed by atoms with E-state index in [-0.39, 0.29) is 6.04 Å². The highest BCUT2D eigenvalue weighted by Gasteiger charge is 2.22. The monoisotopic (exact) mass is 236 g/mol. The lowest BCUT2D eigenvalue weighted by Crippen LogP contribution is -2.31. The van der Waals surface area contributed by atoms with Crippen molar-refractivity contribution in [3.63, 3.8) is 0 Å². The number of ether oxygens (including phenoxy) is 1. The molecule has 2 heterocycles. The minimum atomic E-state index is 0.244. The van der Waals surface area contributed by atoms with E-state index >= 15 is 0 Å². The van der Waals surface area contributed by atoms with Gasteiger partial charge in [0, 0.05) is 24.5 Å². The Morgan fingerprint density at radius 2 is 2.00 bits per heavy atom. The van der Waals surface area contributed by atoms with Gasteiger partial charge in [-0.15, -0.1) is 0 Å². The predicted octanol–water partition coefficient (Wildman–Crippen LogP) is 0.971. The summed E-state index contributed by atoms with van der Waals surface area (Å²) in [6, 6.07) is 0.682. The van der Waals surface area contributed by atoms with Gasteiger partial charge in [-0.05, 0) is 32.9 Å². The number of nitrogens with two attached hydrogens (primary N) is 1. The zero-order valence-corrected chi connectivity index (χ0v) is 10.3. The topological polar surface area (TPSA) is 64.3 Å². The fourth-order valence-electron chi connectivity index (χ4n) is 2.25. The molecule has 0 bridgehead atoms. The van der Waals surface area contributed by atoms with Crippen LogP contribution in [0.25, 0.3) is 0 Å². The maximum Gasteiger partial charge on any atom is 0.316 e. The largest absolute Gasteiger partial charge is 0.464 e. The van der Waals surface area contributed by atoms with Crippen LogP contribution in [0.4, 0.5) is 0 Å². The molecule has 2 rings (SSSR count). The second kappa shape index (κ2) is 5.93. The van der Waals surface area contributed by atoms with Crippen LogP contribution in [-0.4, -0.2) is 41.1 Å². The molecule has 0 aliphatic carbocycles. The highest BCUT2D eigenvalue weighted by atomic mass is 16.5. The van der Waals surface area contributed by atoms with Crippen LogP contribution in [0, 0.1) is 0 Å². The van der Waals surface area contributed by atoms with Crippen LogP contribution >= 0.6 is 0 Å². The zero-order valence-electron chi connectivity index (χ0n) is 10.3. The SMILES string of the molecule is CCOc1ncc([C@@H](CN)N2CCCC2)cn1. The van der Waals surface area contributed by atoms with Gasteiger partial charge in [0.15, 0.2) is 0 Å². The van der Waals surface area contributed by atoms with E-state index < -0.39 is 0 Å². The quantitative estimate of drug-likeness (QED) is 0.825. The number of hydrogen-bond acceptors (Lipinski definition) is 5. The van der Waals surface area contributed by atoms with Gasteiger partial charge >= 0.3 is 6.01 Å². The maximum absolute atomic E-state index is 5.85. The maximum atomic E-state index is 5.85.